The maximum absolute atomic E-state index is 6.19. The zero-order valence-electron chi connectivity index (χ0n) is 11.4. The van der Waals surface area contributed by atoms with E-state index in [1.54, 1.807) is 7.11 Å². The molecule has 3 N–H and O–H groups in total. The van der Waals surface area contributed by atoms with Crippen molar-refractivity contribution >= 4 is 50.1 Å². The highest BCUT2D eigenvalue weighted by Gasteiger charge is 2.14. The molecule has 0 saturated heterocycles. The van der Waals surface area contributed by atoms with Gasteiger partial charge in [0.15, 0.2) is 0 Å². The molecule has 6 heteroatoms. The number of hydrogen-bond acceptors (Lipinski definition) is 3. The molecule has 3 nitrogen and oxygen atoms in total. The lowest BCUT2D eigenvalue weighted by Crippen LogP contribution is -2.29. The SMILES string of the molecule is COc1ccc(Br)c(CC(NN)c2ccc(I)c(Cl)c2)c1. The smallest absolute Gasteiger partial charge is 0.119 e. The second-order valence-corrected chi connectivity index (χ2v) is 6.98. The summed E-state index contributed by atoms with van der Waals surface area (Å²) in [7, 11) is 1.66. The standard InChI is InChI=1S/C15H15BrClIN2O/c1-21-11-3-4-12(16)10(6-11)8-15(20-19)9-2-5-14(18)13(17)7-9/h2-7,15,20H,8,19H2,1H3. The van der Waals surface area contributed by atoms with Crippen LogP contribution in [-0.2, 0) is 6.42 Å². The van der Waals surface area contributed by atoms with Crippen LogP contribution in [0.15, 0.2) is 40.9 Å². The van der Waals surface area contributed by atoms with Crippen molar-refractivity contribution in [2.24, 2.45) is 5.84 Å². The van der Waals surface area contributed by atoms with E-state index in [-0.39, 0.29) is 6.04 Å². The zero-order chi connectivity index (χ0) is 15.4. The Bertz CT molecular complexity index is 639. The van der Waals surface area contributed by atoms with E-state index in [1.165, 1.54) is 0 Å². The third-order valence-electron chi connectivity index (χ3n) is 3.22. The molecule has 0 spiro atoms. The van der Waals surface area contributed by atoms with Crippen LogP contribution in [0.4, 0.5) is 0 Å². The predicted molar refractivity (Wildman–Crippen MR) is 98.6 cm³/mol. The molecule has 1 atom stereocenters. The molecule has 112 valence electrons. The predicted octanol–water partition coefficient (Wildman–Crippen LogP) is 4.46. The van der Waals surface area contributed by atoms with Gasteiger partial charge in [0.05, 0.1) is 18.2 Å². The number of methoxy groups -OCH3 is 1. The molecular weight excluding hydrogens is 466 g/mol. The third kappa shape index (κ3) is 4.32. The van der Waals surface area contributed by atoms with Crippen LogP contribution in [-0.4, -0.2) is 7.11 Å². The first kappa shape index (κ1) is 17.0. The van der Waals surface area contributed by atoms with Crippen LogP contribution < -0.4 is 16.0 Å². The van der Waals surface area contributed by atoms with E-state index in [0.717, 1.165) is 36.4 Å². The van der Waals surface area contributed by atoms with Crippen molar-refractivity contribution in [3.63, 3.8) is 0 Å². The lowest BCUT2D eigenvalue weighted by molar-refractivity contribution is 0.413. The molecule has 0 saturated carbocycles. The molecule has 0 amide bonds. The molecular formula is C15H15BrClIN2O. The van der Waals surface area contributed by atoms with Crippen LogP contribution in [0.3, 0.4) is 0 Å². The number of ether oxygens (including phenoxy) is 1. The van der Waals surface area contributed by atoms with Gasteiger partial charge in [-0.3, -0.25) is 11.3 Å². The molecule has 0 aliphatic carbocycles. The van der Waals surface area contributed by atoms with Gasteiger partial charge in [0, 0.05) is 8.04 Å². The fraction of sp³-hybridized carbons (Fsp3) is 0.200. The van der Waals surface area contributed by atoms with E-state index < -0.39 is 0 Å². The Morgan fingerprint density at radius 3 is 2.71 bits per heavy atom. The monoisotopic (exact) mass is 480 g/mol. The number of nitrogens with one attached hydrogen (secondary N) is 1. The summed E-state index contributed by atoms with van der Waals surface area (Å²) in [5.74, 6) is 6.54. The Kier molecular flexibility index (Phi) is 6.31. The normalized spacial score (nSPS) is 12.2. The second-order valence-electron chi connectivity index (χ2n) is 4.55. The van der Waals surface area contributed by atoms with Crippen molar-refractivity contribution in [2.75, 3.05) is 7.11 Å². The van der Waals surface area contributed by atoms with Gasteiger partial charge in [-0.05, 0) is 70.5 Å². The Labute approximate surface area is 151 Å². The van der Waals surface area contributed by atoms with Gasteiger partial charge in [-0.25, -0.2) is 0 Å². The van der Waals surface area contributed by atoms with Gasteiger partial charge < -0.3 is 4.74 Å². The summed E-state index contributed by atoms with van der Waals surface area (Å²) in [5.41, 5.74) is 5.03. The third-order valence-corrected chi connectivity index (χ3v) is 5.57. The summed E-state index contributed by atoms with van der Waals surface area (Å²) in [6.07, 6.45) is 0.727. The van der Waals surface area contributed by atoms with Gasteiger partial charge in [0.25, 0.3) is 0 Å². The van der Waals surface area contributed by atoms with Gasteiger partial charge in [-0.15, -0.1) is 0 Å². The largest absolute Gasteiger partial charge is 0.497 e. The van der Waals surface area contributed by atoms with E-state index >= 15 is 0 Å². The summed E-state index contributed by atoms with van der Waals surface area (Å²) in [5, 5.41) is 0.734. The first-order valence-corrected chi connectivity index (χ1v) is 8.53. The fourth-order valence-corrected chi connectivity index (χ4v) is 2.99. The average molecular weight is 482 g/mol. The highest BCUT2D eigenvalue weighted by Crippen LogP contribution is 2.29. The number of hydrazine groups is 1. The quantitative estimate of drug-likeness (QED) is 0.377. The minimum Gasteiger partial charge on any atom is -0.497 e. The fourth-order valence-electron chi connectivity index (χ4n) is 2.06. The van der Waals surface area contributed by atoms with Gasteiger partial charge in [-0.1, -0.05) is 33.6 Å². The first-order valence-electron chi connectivity index (χ1n) is 6.28. The maximum Gasteiger partial charge on any atom is 0.119 e. The lowest BCUT2D eigenvalue weighted by atomic mass is 9.99. The molecule has 1 unspecified atom stereocenters. The van der Waals surface area contributed by atoms with E-state index in [1.807, 2.05) is 36.4 Å². The summed E-state index contributed by atoms with van der Waals surface area (Å²) in [4.78, 5) is 0. The van der Waals surface area contributed by atoms with Crippen molar-refractivity contribution in [1.29, 1.82) is 0 Å². The molecule has 2 rings (SSSR count). The van der Waals surface area contributed by atoms with Crippen molar-refractivity contribution < 1.29 is 4.74 Å². The topological polar surface area (TPSA) is 47.3 Å². The van der Waals surface area contributed by atoms with E-state index in [9.17, 15) is 0 Å². The molecule has 0 aliphatic heterocycles. The Morgan fingerprint density at radius 2 is 2.10 bits per heavy atom. The Balaban J connectivity index is 2.28. The molecule has 0 aromatic heterocycles. The molecule has 0 radical (unpaired) electrons. The summed E-state index contributed by atoms with van der Waals surface area (Å²) < 4.78 is 7.32. The zero-order valence-corrected chi connectivity index (χ0v) is 15.9. The molecule has 0 heterocycles. The van der Waals surface area contributed by atoms with E-state index in [4.69, 9.17) is 22.2 Å². The molecule has 2 aromatic carbocycles. The lowest BCUT2D eigenvalue weighted by Gasteiger charge is -2.18. The number of rotatable bonds is 5. The van der Waals surface area contributed by atoms with Crippen molar-refractivity contribution in [3.05, 3.63) is 60.6 Å². The van der Waals surface area contributed by atoms with Crippen LogP contribution in [0, 0.1) is 3.57 Å². The average Bonchev–Trinajstić information content (AvgIpc) is 2.49. The molecule has 0 bridgehead atoms. The van der Waals surface area contributed by atoms with Gasteiger partial charge in [-0.2, -0.15) is 0 Å². The van der Waals surface area contributed by atoms with Crippen LogP contribution in [0.5, 0.6) is 5.75 Å². The van der Waals surface area contributed by atoms with E-state index in [2.05, 4.69) is 43.9 Å². The maximum atomic E-state index is 6.19. The minimum atomic E-state index is -0.0251. The Hall–Kier alpha value is -0.340. The number of halogens is 3. The molecule has 21 heavy (non-hydrogen) atoms. The highest BCUT2D eigenvalue weighted by molar-refractivity contribution is 14.1. The first-order chi connectivity index (χ1) is 10.0. The van der Waals surface area contributed by atoms with Crippen molar-refractivity contribution in [3.8, 4) is 5.75 Å². The molecule has 0 aliphatic rings. The highest BCUT2D eigenvalue weighted by atomic mass is 127. The van der Waals surface area contributed by atoms with Crippen LogP contribution in [0.25, 0.3) is 0 Å². The van der Waals surface area contributed by atoms with E-state index in [0.29, 0.717) is 0 Å². The summed E-state index contributed by atoms with van der Waals surface area (Å²) in [6, 6.07) is 11.8. The molecule has 0 fully saturated rings. The summed E-state index contributed by atoms with van der Waals surface area (Å²) in [6.45, 7) is 0. The number of benzene rings is 2. The van der Waals surface area contributed by atoms with Crippen LogP contribution in [0.2, 0.25) is 5.02 Å². The molecule has 2 aromatic rings. The number of hydrogen-bond donors (Lipinski definition) is 2. The van der Waals surface area contributed by atoms with Gasteiger partial charge in [0.2, 0.25) is 0 Å². The Morgan fingerprint density at radius 1 is 1.33 bits per heavy atom. The van der Waals surface area contributed by atoms with Crippen molar-refractivity contribution in [2.45, 2.75) is 12.5 Å². The summed E-state index contributed by atoms with van der Waals surface area (Å²) >= 11 is 12.0. The van der Waals surface area contributed by atoms with Gasteiger partial charge >= 0.3 is 0 Å². The van der Waals surface area contributed by atoms with Crippen LogP contribution in [0.1, 0.15) is 17.2 Å². The minimum absolute atomic E-state index is 0.0251. The van der Waals surface area contributed by atoms with Crippen molar-refractivity contribution in [1.82, 2.24) is 5.43 Å². The van der Waals surface area contributed by atoms with Gasteiger partial charge in [0.1, 0.15) is 5.75 Å². The second kappa shape index (κ2) is 7.78. The van der Waals surface area contributed by atoms with Crippen LogP contribution >= 0.6 is 50.1 Å². The number of nitrogens with two attached hydrogens (primary N) is 1.